The van der Waals surface area contributed by atoms with Crippen LogP contribution in [0.1, 0.15) is 53.9 Å². The normalized spacial score (nSPS) is 19.1. The Kier molecular flexibility index (Phi) is 8.47. The Morgan fingerprint density at radius 2 is 2.07 bits per heavy atom. The van der Waals surface area contributed by atoms with E-state index in [0.29, 0.717) is 12.8 Å². The number of rotatable bonds is 8. The van der Waals surface area contributed by atoms with Crippen molar-refractivity contribution in [2.45, 2.75) is 65.5 Å². The zero-order valence-corrected chi connectivity index (χ0v) is 17.0. The van der Waals surface area contributed by atoms with Gasteiger partial charge >= 0.3 is 12.1 Å². The van der Waals surface area contributed by atoms with Crippen LogP contribution in [0.2, 0.25) is 0 Å². The molecule has 0 aliphatic carbocycles. The minimum Gasteiger partial charge on any atom is -0.460 e. The Labute approximate surface area is 161 Å². The lowest BCUT2D eigenvalue weighted by molar-refractivity contribution is -0.155. The summed E-state index contributed by atoms with van der Waals surface area (Å²) in [6.45, 7) is 12.8. The molecule has 0 aromatic carbocycles. The average molecular weight is 377 g/mol. The van der Waals surface area contributed by atoms with Gasteiger partial charge in [0.05, 0.1) is 6.04 Å². The molecule has 2 amide bonds. The molecule has 0 N–H and O–H groups in total. The van der Waals surface area contributed by atoms with Crippen LogP contribution in [-0.2, 0) is 19.1 Å². The summed E-state index contributed by atoms with van der Waals surface area (Å²) in [5.41, 5.74) is 0.393. The van der Waals surface area contributed by atoms with Gasteiger partial charge in [0.15, 0.2) is 0 Å². The summed E-state index contributed by atoms with van der Waals surface area (Å²) in [5, 5.41) is 0. The fourth-order valence-corrected chi connectivity index (χ4v) is 2.80. The number of hydrogen-bond acceptors (Lipinski definition) is 5. The first-order valence-corrected chi connectivity index (χ1v) is 9.25. The Morgan fingerprint density at radius 3 is 2.63 bits per heavy atom. The SMILES string of the molecule is C=C/C=C(\C=C/C)CC1COC(=O)N1C(=O)C(C)CCC(=O)OC(C)(C)C. The summed E-state index contributed by atoms with van der Waals surface area (Å²) in [4.78, 5) is 37.9. The number of carbonyl (C=O) groups is 3. The van der Waals surface area contributed by atoms with E-state index >= 15 is 0 Å². The first-order chi connectivity index (χ1) is 12.6. The molecule has 1 fully saturated rings. The number of nitrogens with zero attached hydrogens (tertiary/aromatic N) is 1. The topological polar surface area (TPSA) is 72.9 Å². The summed E-state index contributed by atoms with van der Waals surface area (Å²) in [7, 11) is 0. The van der Waals surface area contributed by atoms with Crippen LogP contribution in [0.4, 0.5) is 4.79 Å². The summed E-state index contributed by atoms with van der Waals surface area (Å²) >= 11 is 0. The number of imide groups is 1. The maximum absolute atomic E-state index is 12.8. The molecule has 0 saturated carbocycles. The van der Waals surface area contributed by atoms with Crippen LogP contribution in [0.15, 0.2) is 36.5 Å². The molecule has 0 bridgehead atoms. The maximum atomic E-state index is 12.8. The number of cyclic esters (lactones) is 1. The minimum atomic E-state index is -0.632. The van der Waals surface area contributed by atoms with Crippen molar-refractivity contribution in [3.05, 3.63) is 36.5 Å². The molecule has 27 heavy (non-hydrogen) atoms. The number of ether oxygens (including phenoxy) is 2. The van der Waals surface area contributed by atoms with Gasteiger partial charge in [-0.3, -0.25) is 9.59 Å². The van der Waals surface area contributed by atoms with Gasteiger partial charge in [-0.1, -0.05) is 37.8 Å². The van der Waals surface area contributed by atoms with E-state index in [1.165, 1.54) is 4.90 Å². The van der Waals surface area contributed by atoms with Crippen LogP contribution in [-0.4, -0.2) is 41.1 Å². The van der Waals surface area contributed by atoms with Crippen molar-refractivity contribution in [3.8, 4) is 0 Å². The zero-order chi connectivity index (χ0) is 20.6. The largest absolute Gasteiger partial charge is 0.460 e. The number of esters is 1. The predicted octanol–water partition coefficient (Wildman–Crippen LogP) is 4.17. The number of amides is 2. The van der Waals surface area contributed by atoms with E-state index in [0.717, 1.165) is 5.57 Å². The second-order valence-electron chi connectivity index (χ2n) is 7.65. The highest BCUT2D eigenvalue weighted by atomic mass is 16.6. The molecular formula is C21H31NO5. The summed E-state index contributed by atoms with van der Waals surface area (Å²) in [6, 6.07) is -0.364. The summed E-state index contributed by atoms with van der Waals surface area (Å²) < 4.78 is 10.4. The lowest BCUT2D eigenvalue weighted by atomic mass is 10.0. The summed E-state index contributed by atoms with van der Waals surface area (Å²) in [5.74, 6) is -1.17. The highest BCUT2D eigenvalue weighted by Crippen LogP contribution is 2.24. The second kappa shape index (κ2) is 10.1. The second-order valence-corrected chi connectivity index (χ2v) is 7.65. The molecule has 1 aliphatic rings. The van der Waals surface area contributed by atoms with E-state index in [1.807, 2.05) is 25.2 Å². The fraction of sp³-hybridized carbons (Fsp3) is 0.571. The monoisotopic (exact) mass is 377 g/mol. The highest BCUT2D eigenvalue weighted by molar-refractivity contribution is 5.94. The van der Waals surface area contributed by atoms with Gasteiger partial charge in [0, 0.05) is 12.3 Å². The molecule has 1 heterocycles. The van der Waals surface area contributed by atoms with E-state index in [9.17, 15) is 14.4 Å². The predicted molar refractivity (Wildman–Crippen MR) is 104 cm³/mol. The molecule has 0 aromatic heterocycles. The maximum Gasteiger partial charge on any atom is 0.416 e. The lowest BCUT2D eigenvalue weighted by Gasteiger charge is -2.24. The molecule has 0 aromatic rings. The van der Waals surface area contributed by atoms with Gasteiger partial charge in [-0.15, -0.1) is 0 Å². The van der Waals surface area contributed by atoms with Gasteiger partial charge in [-0.25, -0.2) is 9.69 Å². The van der Waals surface area contributed by atoms with Crippen molar-refractivity contribution in [2.24, 2.45) is 5.92 Å². The van der Waals surface area contributed by atoms with Gasteiger partial charge in [-0.2, -0.15) is 0 Å². The highest BCUT2D eigenvalue weighted by Gasteiger charge is 2.39. The third-order valence-corrected chi connectivity index (χ3v) is 4.01. The molecule has 1 aliphatic heterocycles. The minimum absolute atomic E-state index is 0.123. The Bertz CT molecular complexity index is 627. The van der Waals surface area contributed by atoms with Crippen LogP contribution in [0.5, 0.6) is 0 Å². The van der Waals surface area contributed by atoms with Crippen LogP contribution in [0, 0.1) is 5.92 Å². The lowest BCUT2D eigenvalue weighted by Crippen LogP contribution is -2.42. The van der Waals surface area contributed by atoms with E-state index in [4.69, 9.17) is 9.47 Å². The van der Waals surface area contributed by atoms with Crippen LogP contribution >= 0.6 is 0 Å². The van der Waals surface area contributed by atoms with Gasteiger partial charge < -0.3 is 9.47 Å². The van der Waals surface area contributed by atoms with E-state index < -0.39 is 17.6 Å². The van der Waals surface area contributed by atoms with Crippen molar-refractivity contribution < 1.29 is 23.9 Å². The smallest absolute Gasteiger partial charge is 0.416 e. The Morgan fingerprint density at radius 1 is 1.41 bits per heavy atom. The van der Waals surface area contributed by atoms with Gasteiger partial charge in [-0.05, 0) is 46.1 Å². The molecular weight excluding hydrogens is 346 g/mol. The van der Waals surface area contributed by atoms with Crippen LogP contribution in [0.25, 0.3) is 0 Å². The molecule has 150 valence electrons. The molecule has 2 atom stereocenters. The molecule has 0 radical (unpaired) electrons. The van der Waals surface area contributed by atoms with Gasteiger partial charge in [0.2, 0.25) is 5.91 Å². The molecule has 6 nitrogen and oxygen atoms in total. The standard InChI is InChI=1S/C21H31NO5/c1-7-9-16(10-8-2)13-17-14-26-20(25)22(17)19(24)15(3)11-12-18(23)27-21(4,5)6/h7-10,15,17H,1,11-14H2,2-6H3/b10-8-,16-9+. The zero-order valence-electron chi connectivity index (χ0n) is 17.0. The third kappa shape index (κ3) is 7.41. The quantitative estimate of drug-likeness (QED) is 0.469. The number of hydrogen-bond donors (Lipinski definition) is 0. The van der Waals surface area contributed by atoms with Crippen molar-refractivity contribution >= 4 is 18.0 Å². The van der Waals surface area contributed by atoms with Crippen LogP contribution in [0.3, 0.4) is 0 Å². The third-order valence-electron chi connectivity index (χ3n) is 4.01. The average Bonchev–Trinajstić information content (AvgIpc) is 2.91. The van der Waals surface area contributed by atoms with E-state index in [-0.39, 0.29) is 30.9 Å². The molecule has 2 unspecified atom stereocenters. The first-order valence-electron chi connectivity index (χ1n) is 9.25. The van der Waals surface area contributed by atoms with Crippen molar-refractivity contribution in [3.63, 3.8) is 0 Å². The Balaban J connectivity index is 2.74. The fourth-order valence-electron chi connectivity index (χ4n) is 2.80. The molecule has 1 rings (SSSR count). The molecule has 6 heteroatoms. The summed E-state index contributed by atoms with van der Waals surface area (Å²) in [6.07, 6.45) is 7.62. The first kappa shape index (κ1) is 22.7. The molecule has 1 saturated heterocycles. The number of carbonyl (C=O) groups excluding carboxylic acids is 3. The number of allylic oxidation sites excluding steroid dienone is 4. The van der Waals surface area contributed by atoms with Crippen molar-refractivity contribution in [2.75, 3.05) is 6.61 Å². The van der Waals surface area contributed by atoms with Crippen molar-refractivity contribution in [1.82, 2.24) is 4.90 Å². The Hall–Kier alpha value is -2.37. The van der Waals surface area contributed by atoms with Gasteiger partial charge in [0.25, 0.3) is 0 Å². The van der Waals surface area contributed by atoms with Gasteiger partial charge in [0.1, 0.15) is 12.2 Å². The van der Waals surface area contributed by atoms with E-state index in [2.05, 4.69) is 6.58 Å². The van der Waals surface area contributed by atoms with E-state index in [1.54, 1.807) is 33.8 Å². The van der Waals surface area contributed by atoms with Crippen molar-refractivity contribution in [1.29, 1.82) is 0 Å². The molecule has 0 spiro atoms. The van der Waals surface area contributed by atoms with Crippen LogP contribution < -0.4 is 0 Å².